The number of aryl methyl sites for hydroxylation is 3. The predicted octanol–water partition coefficient (Wildman–Crippen LogP) is 5.32. The first-order valence-electron chi connectivity index (χ1n) is 9.82. The molecule has 0 aliphatic rings. The summed E-state index contributed by atoms with van der Waals surface area (Å²) in [4.78, 5) is 13.5. The fourth-order valence-electron chi connectivity index (χ4n) is 2.91. The molecule has 0 spiro atoms. The molecule has 0 saturated carbocycles. The van der Waals surface area contributed by atoms with Crippen LogP contribution in [0.4, 0.5) is 11.6 Å². The third-order valence-electron chi connectivity index (χ3n) is 4.63. The van der Waals surface area contributed by atoms with Crippen molar-refractivity contribution in [3.63, 3.8) is 0 Å². The molecule has 3 N–H and O–H groups in total. The van der Waals surface area contributed by atoms with E-state index in [0.717, 1.165) is 28.2 Å². The molecular formula is C23H25ClN6S. The van der Waals surface area contributed by atoms with Crippen LogP contribution in [0.1, 0.15) is 28.1 Å². The van der Waals surface area contributed by atoms with Gasteiger partial charge in [0.05, 0.1) is 6.54 Å². The average molecular weight is 453 g/mol. The van der Waals surface area contributed by atoms with Gasteiger partial charge in [-0.05, 0) is 80.9 Å². The monoisotopic (exact) mass is 452 g/mol. The van der Waals surface area contributed by atoms with Gasteiger partial charge in [-0.1, -0.05) is 35.9 Å². The van der Waals surface area contributed by atoms with E-state index in [2.05, 4.69) is 50.8 Å². The lowest BCUT2D eigenvalue weighted by Crippen LogP contribution is -2.39. The summed E-state index contributed by atoms with van der Waals surface area (Å²) in [6.07, 6.45) is 0. The maximum atomic E-state index is 5.98. The van der Waals surface area contributed by atoms with Crippen molar-refractivity contribution in [1.82, 2.24) is 15.3 Å². The Labute approximate surface area is 193 Å². The second-order valence-corrected chi connectivity index (χ2v) is 8.06. The molecule has 0 aliphatic carbocycles. The Hall–Kier alpha value is -3.03. The number of guanidine groups is 1. The number of aromatic nitrogens is 2. The number of nitrogens with zero attached hydrogens (tertiary/aromatic N) is 3. The Morgan fingerprint density at radius 3 is 2.32 bits per heavy atom. The Balaban J connectivity index is 1.79. The zero-order valence-corrected chi connectivity index (χ0v) is 19.5. The first kappa shape index (κ1) is 22.7. The topological polar surface area (TPSA) is 74.2 Å². The van der Waals surface area contributed by atoms with E-state index >= 15 is 0 Å². The second-order valence-electron chi connectivity index (χ2n) is 7.22. The molecule has 0 saturated heterocycles. The molecule has 0 radical (unpaired) electrons. The Kier molecular flexibility index (Phi) is 7.55. The molecule has 8 heteroatoms. The van der Waals surface area contributed by atoms with Crippen LogP contribution >= 0.6 is 23.8 Å². The Morgan fingerprint density at radius 1 is 0.968 bits per heavy atom. The van der Waals surface area contributed by atoms with Crippen LogP contribution in [-0.4, -0.2) is 21.0 Å². The van der Waals surface area contributed by atoms with Gasteiger partial charge in [0, 0.05) is 22.1 Å². The molecule has 0 aliphatic heterocycles. The summed E-state index contributed by atoms with van der Waals surface area (Å²) >= 11 is 11.5. The molecule has 3 aromatic rings. The summed E-state index contributed by atoms with van der Waals surface area (Å²) < 4.78 is 0. The van der Waals surface area contributed by atoms with Crippen LogP contribution in [-0.2, 0) is 6.54 Å². The third kappa shape index (κ3) is 6.73. The number of halogens is 1. The minimum absolute atomic E-state index is 0.417. The van der Waals surface area contributed by atoms with Gasteiger partial charge in [-0.2, -0.15) is 0 Å². The van der Waals surface area contributed by atoms with Gasteiger partial charge in [0.1, 0.15) is 0 Å². The number of thiocarbonyl (C=S) groups is 1. The highest BCUT2D eigenvalue weighted by molar-refractivity contribution is 7.80. The van der Waals surface area contributed by atoms with Crippen molar-refractivity contribution >= 4 is 46.5 Å². The van der Waals surface area contributed by atoms with E-state index in [-0.39, 0.29) is 0 Å². The summed E-state index contributed by atoms with van der Waals surface area (Å²) in [6, 6.07) is 15.5. The van der Waals surface area contributed by atoms with Crippen molar-refractivity contribution in [2.45, 2.75) is 34.2 Å². The number of hydrogen-bond acceptors (Lipinski definition) is 4. The van der Waals surface area contributed by atoms with Gasteiger partial charge in [-0.25, -0.2) is 15.0 Å². The lowest BCUT2D eigenvalue weighted by molar-refractivity contribution is 1.03. The zero-order valence-electron chi connectivity index (χ0n) is 18.0. The standard InChI is InChI=1S/C23H25ClN6S/c1-14-6-5-7-20(17(14)4)28-23(31)30-21(25-13-18-8-10-19(24)11-9-18)29-22-26-15(2)12-16(3)27-22/h5-12H,13H2,1-4H3,(H3,25,26,27,28,29,30,31). The van der Waals surface area contributed by atoms with Gasteiger partial charge in [0.2, 0.25) is 11.9 Å². The van der Waals surface area contributed by atoms with E-state index in [4.69, 9.17) is 23.8 Å². The zero-order chi connectivity index (χ0) is 22.4. The predicted molar refractivity (Wildman–Crippen MR) is 133 cm³/mol. The normalized spacial score (nSPS) is 11.2. The van der Waals surface area contributed by atoms with Crippen LogP contribution in [0.15, 0.2) is 53.5 Å². The van der Waals surface area contributed by atoms with Crippen LogP contribution in [0.3, 0.4) is 0 Å². The molecule has 0 fully saturated rings. The van der Waals surface area contributed by atoms with Crippen LogP contribution in [0.2, 0.25) is 5.02 Å². The van der Waals surface area contributed by atoms with Gasteiger partial charge in [-0.15, -0.1) is 0 Å². The number of rotatable bonds is 4. The van der Waals surface area contributed by atoms with Gasteiger partial charge in [0.25, 0.3) is 0 Å². The van der Waals surface area contributed by atoms with E-state index in [1.165, 1.54) is 5.56 Å². The van der Waals surface area contributed by atoms with E-state index in [0.29, 0.717) is 28.6 Å². The van der Waals surface area contributed by atoms with Gasteiger partial charge in [0.15, 0.2) is 5.11 Å². The highest BCUT2D eigenvalue weighted by Gasteiger charge is 2.09. The van der Waals surface area contributed by atoms with Gasteiger partial charge >= 0.3 is 0 Å². The van der Waals surface area contributed by atoms with Gasteiger partial charge in [-0.3, -0.25) is 5.32 Å². The second kappa shape index (κ2) is 10.3. The SMILES string of the molecule is Cc1cc(C)nc(NC(=NCc2ccc(Cl)cc2)NC(=S)Nc2cccc(C)c2C)n1. The van der Waals surface area contributed by atoms with E-state index < -0.39 is 0 Å². The van der Waals surface area contributed by atoms with Crippen LogP contribution in [0.5, 0.6) is 0 Å². The van der Waals surface area contributed by atoms with Crippen molar-refractivity contribution < 1.29 is 0 Å². The van der Waals surface area contributed by atoms with Crippen LogP contribution in [0.25, 0.3) is 0 Å². The lowest BCUT2D eigenvalue weighted by atomic mass is 10.1. The molecule has 31 heavy (non-hydrogen) atoms. The summed E-state index contributed by atoms with van der Waals surface area (Å²) in [5.74, 6) is 0.900. The largest absolute Gasteiger partial charge is 0.332 e. The molecule has 0 amide bonds. The van der Waals surface area contributed by atoms with E-state index in [1.807, 2.05) is 56.3 Å². The van der Waals surface area contributed by atoms with Crippen molar-refractivity contribution in [3.05, 3.63) is 81.6 Å². The maximum absolute atomic E-state index is 5.98. The third-order valence-corrected chi connectivity index (χ3v) is 5.09. The molecule has 2 aromatic carbocycles. The molecule has 160 valence electrons. The molecule has 1 aromatic heterocycles. The highest BCUT2D eigenvalue weighted by Crippen LogP contribution is 2.17. The smallest absolute Gasteiger partial charge is 0.229 e. The fourth-order valence-corrected chi connectivity index (χ4v) is 3.24. The lowest BCUT2D eigenvalue weighted by Gasteiger charge is -2.16. The van der Waals surface area contributed by atoms with E-state index in [1.54, 1.807) is 0 Å². The number of hydrogen-bond donors (Lipinski definition) is 3. The average Bonchev–Trinajstić information content (AvgIpc) is 2.70. The quantitative estimate of drug-likeness (QED) is 0.282. The number of anilines is 2. The Bertz CT molecular complexity index is 1090. The fraction of sp³-hybridized carbons (Fsp3) is 0.217. The molecule has 0 atom stereocenters. The first-order valence-corrected chi connectivity index (χ1v) is 10.6. The van der Waals surface area contributed by atoms with Crippen molar-refractivity contribution in [3.8, 4) is 0 Å². The number of aliphatic imine (C=N–C) groups is 1. The number of nitrogens with one attached hydrogen (secondary N) is 3. The molecule has 0 unspecified atom stereocenters. The molecule has 0 bridgehead atoms. The summed E-state index contributed by atoms with van der Waals surface area (Å²) in [7, 11) is 0. The molecule has 3 rings (SSSR count). The number of benzene rings is 2. The summed E-state index contributed by atoms with van der Waals surface area (Å²) in [5.41, 5.74) is 6.01. The first-order chi connectivity index (χ1) is 14.8. The van der Waals surface area contributed by atoms with Crippen LogP contribution in [0, 0.1) is 27.7 Å². The highest BCUT2D eigenvalue weighted by atomic mass is 35.5. The molecular weight excluding hydrogens is 428 g/mol. The summed E-state index contributed by atoms with van der Waals surface area (Å²) in [6.45, 7) is 8.39. The van der Waals surface area contributed by atoms with Crippen LogP contribution < -0.4 is 16.0 Å². The van der Waals surface area contributed by atoms with Crippen molar-refractivity contribution in [2.75, 3.05) is 10.6 Å². The summed E-state index contributed by atoms with van der Waals surface area (Å²) in [5, 5.41) is 10.6. The Morgan fingerprint density at radius 2 is 1.65 bits per heavy atom. The van der Waals surface area contributed by atoms with E-state index in [9.17, 15) is 0 Å². The maximum Gasteiger partial charge on any atom is 0.229 e. The molecule has 1 heterocycles. The van der Waals surface area contributed by atoms with Crippen molar-refractivity contribution in [2.24, 2.45) is 4.99 Å². The minimum Gasteiger partial charge on any atom is -0.332 e. The van der Waals surface area contributed by atoms with Crippen molar-refractivity contribution in [1.29, 1.82) is 0 Å². The van der Waals surface area contributed by atoms with Gasteiger partial charge < -0.3 is 10.6 Å². The molecule has 6 nitrogen and oxygen atoms in total. The minimum atomic E-state index is 0.417.